The quantitative estimate of drug-likeness (QED) is 0.452. The van der Waals surface area contributed by atoms with Crippen molar-refractivity contribution in [2.45, 2.75) is 6.10 Å². The van der Waals surface area contributed by atoms with Crippen molar-refractivity contribution < 1.29 is 14.6 Å². The summed E-state index contributed by atoms with van der Waals surface area (Å²) in [4.78, 5) is 2.55. The lowest BCUT2D eigenvalue weighted by Gasteiger charge is -2.12. The number of azide groups is 1. The number of ether oxygens (including phenoxy) is 2. The molecule has 0 unspecified atom stereocenters. The van der Waals surface area contributed by atoms with Crippen molar-refractivity contribution in [3.05, 3.63) is 34.7 Å². The van der Waals surface area contributed by atoms with Gasteiger partial charge in [0.25, 0.3) is 0 Å². The number of hydrogen-bond donors (Lipinski definition) is 1. The Hall–Kier alpha value is -1.91. The normalized spacial score (nSPS) is 11.4. The molecule has 0 bridgehead atoms. The zero-order valence-electron chi connectivity index (χ0n) is 8.91. The number of nitrogens with zero attached hydrogens (tertiary/aromatic N) is 3. The molecule has 6 nitrogen and oxygen atoms in total. The van der Waals surface area contributed by atoms with Crippen molar-refractivity contribution in [3.8, 4) is 11.5 Å². The van der Waals surface area contributed by atoms with Crippen LogP contribution in [0.15, 0.2) is 29.4 Å². The number of aliphatic hydroxyl groups excluding tert-OH is 1. The fraction of sp³-hybridized carbons (Fsp3) is 0.400. The second-order valence-corrected chi connectivity index (χ2v) is 3.03. The molecule has 1 atom stereocenters. The number of methoxy groups -OCH3 is 1. The lowest BCUT2D eigenvalue weighted by Crippen LogP contribution is -2.20. The molecule has 0 heterocycles. The summed E-state index contributed by atoms with van der Waals surface area (Å²) in [6.45, 7) is 0.0467. The number of benzene rings is 1. The van der Waals surface area contributed by atoms with E-state index in [2.05, 4.69) is 10.0 Å². The Labute approximate surface area is 93.0 Å². The van der Waals surface area contributed by atoms with E-state index in [-0.39, 0.29) is 13.2 Å². The molecule has 1 N–H and O–H groups in total. The van der Waals surface area contributed by atoms with Crippen LogP contribution in [0.2, 0.25) is 0 Å². The van der Waals surface area contributed by atoms with Crippen LogP contribution in [-0.2, 0) is 0 Å². The van der Waals surface area contributed by atoms with Gasteiger partial charge in [-0.2, -0.15) is 0 Å². The summed E-state index contributed by atoms with van der Waals surface area (Å²) in [5, 5.41) is 12.6. The molecule has 1 aromatic rings. The van der Waals surface area contributed by atoms with Crippen LogP contribution in [0.4, 0.5) is 0 Å². The van der Waals surface area contributed by atoms with Gasteiger partial charge in [0.05, 0.1) is 19.8 Å². The first-order valence-electron chi connectivity index (χ1n) is 4.72. The zero-order valence-corrected chi connectivity index (χ0v) is 8.91. The summed E-state index contributed by atoms with van der Waals surface area (Å²) in [5.74, 6) is 1.14. The van der Waals surface area contributed by atoms with Gasteiger partial charge in [-0.25, -0.2) is 0 Å². The van der Waals surface area contributed by atoms with Gasteiger partial charge in [0.15, 0.2) is 11.5 Å². The van der Waals surface area contributed by atoms with Gasteiger partial charge in [-0.1, -0.05) is 17.2 Å². The van der Waals surface area contributed by atoms with Crippen LogP contribution in [0.3, 0.4) is 0 Å². The van der Waals surface area contributed by atoms with Gasteiger partial charge < -0.3 is 14.6 Å². The van der Waals surface area contributed by atoms with E-state index in [1.165, 1.54) is 0 Å². The predicted octanol–water partition coefficient (Wildman–Crippen LogP) is 1.75. The van der Waals surface area contributed by atoms with E-state index < -0.39 is 6.10 Å². The monoisotopic (exact) mass is 223 g/mol. The molecule has 16 heavy (non-hydrogen) atoms. The Morgan fingerprint density at radius 2 is 2.12 bits per heavy atom. The fourth-order valence-corrected chi connectivity index (χ4v) is 1.11. The number of rotatable bonds is 6. The standard InChI is InChI=1S/C10H13N3O3/c1-15-9-4-2-3-5-10(9)16-7-8(14)6-12-13-11/h2-5,8,14H,6-7H2,1H3/t8-/m0/s1. The van der Waals surface area contributed by atoms with Crippen LogP contribution in [0, 0.1) is 0 Å². The highest BCUT2D eigenvalue weighted by molar-refractivity contribution is 5.39. The first kappa shape index (κ1) is 12.2. The molecule has 1 aromatic carbocycles. The lowest BCUT2D eigenvalue weighted by molar-refractivity contribution is 0.112. The summed E-state index contributed by atoms with van der Waals surface area (Å²) < 4.78 is 10.4. The maximum absolute atomic E-state index is 9.37. The van der Waals surface area contributed by atoms with Crippen molar-refractivity contribution >= 4 is 0 Å². The van der Waals surface area contributed by atoms with Gasteiger partial charge in [-0.05, 0) is 17.7 Å². The third-order valence-electron chi connectivity index (χ3n) is 1.86. The van der Waals surface area contributed by atoms with Crippen LogP contribution in [0.25, 0.3) is 10.4 Å². The maximum Gasteiger partial charge on any atom is 0.161 e. The van der Waals surface area contributed by atoms with E-state index in [0.717, 1.165) is 0 Å². The molecule has 0 aliphatic rings. The summed E-state index contributed by atoms with van der Waals surface area (Å²) in [5.41, 5.74) is 8.07. The van der Waals surface area contributed by atoms with Crippen LogP contribution in [0.1, 0.15) is 0 Å². The Morgan fingerprint density at radius 1 is 1.44 bits per heavy atom. The first-order chi connectivity index (χ1) is 7.77. The van der Waals surface area contributed by atoms with Crippen LogP contribution in [-0.4, -0.2) is 31.5 Å². The summed E-state index contributed by atoms with van der Waals surface area (Å²) >= 11 is 0. The van der Waals surface area contributed by atoms with Crippen LogP contribution in [0.5, 0.6) is 11.5 Å². The van der Waals surface area contributed by atoms with Gasteiger partial charge in [0.2, 0.25) is 0 Å². The summed E-state index contributed by atoms with van der Waals surface area (Å²) in [6, 6.07) is 7.12. The van der Waals surface area contributed by atoms with E-state index in [1.54, 1.807) is 25.3 Å². The van der Waals surface area contributed by atoms with Gasteiger partial charge >= 0.3 is 0 Å². The van der Waals surface area contributed by atoms with Gasteiger partial charge in [-0.3, -0.25) is 0 Å². The van der Waals surface area contributed by atoms with E-state index in [9.17, 15) is 5.11 Å². The van der Waals surface area contributed by atoms with E-state index >= 15 is 0 Å². The molecule has 0 amide bonds. The third-order valence-corrected chi connectivity index (χ3v) is 1.86. The lowest BCUT2D eigenvalue weighted by atomic mass is 10.3. The molecule has 0 saturated carbocycles. The molecule has 6 heteroatoms. The smallest absolute Gasteiger partial charge is 0.161 e. The highest BCUT2D eigenvalue weighted by atomic mass is 16.5. The molecular formula is C10H13N3O3. The molecule has 1 rings (SSSR count). The molecule has 0 aliphatic carbocycles. The summed E-state index contributed by atoms with van der Waals surface area (Å²) in [7, 11) is 1.54. The molecular weight excluding hydrogens is 210 g/mol. The predicted molar refractivity (Wildman–Crippen MR) is 58.5 cm³/mol. The number of aliphatic hydroxyl groups is 1. The van der Waals surface area contributed by atoms with Crippen molar-refractivity contribution in [1.82, 2.24) is 0 Å². The third kappa shape index (κ3) is 3.68. The highest BCUT2D eigenvalue weighted by Crippen LogP contribution is 2.25. The number of para-hydroxylation sites is 2. The Kier molecular flexibility index (Phi) is 4.98. The largest absolute Gasteiger partial charge is 0.493 e. The van der Waals surface area contributed by atoms with E-state index in [4.69, 9.17) is 15.0 Å². The molecule has 0 fully saturated rings. The molecule has 86 valence electrons. The minimum Gasteiger partial charge on any atom is -0.493 e. The van der Waals surface area contributed by atoms with Crippen LogP contribution >= 0.6 is 0 Å². The molecule has 0 radical (unpaired) electrons. The highest BCUT2D eigenvalue weighted by Gasteiger charge is 2.06. The van der Waals surface area contributed by atoms with Crippen molar-refractivity contribution in [2.24, 2.45) is 5.11 Å². The van der Waals surface area contributed by atoms with Gasteiger partial charge in [0, 0.05) is 4.91 Å². The number of hydrogen-bond acceptors (Lipinski definition) is 4. The van der Waals surface area contributed by atoms with E-state index in [1.807, 2.05) is 6.07 Å². The topological polar surface area (TPSA) is 87.5 Å². The minimum atomic E-state index is -0.819. The molecule has 0 aromatic heterocycles. The zero-order chi connectivity index (χ0) is 11.8. The Balaban J connectivity index is 2.50. The fourth-order valence-electron chi connectivity index (χ4n) is 1.11. The molecule has 0 aliphatic heterocycles. The molecule has 0 spiro atoms. The second kappa shape index (κ2) is 6.55. The maximum atomic E-state index is 9.37. The SMILES string of the molecule is COc1ccccc1OC[C@@H](O)CN=[N+]=[N-]. The van der Waals surface area contributed by atoms with Gasteiger partial charge in [-0.15, -0.1) is 0 Å². The molecule has 0 saturated heterocycles. The summed E-state index contributed by atoms with van der Waals surface area (Å²) in [6.07, 6.45) is -0.819. The van der Waals surface area contributed by atoms with Gasteiger partial charge in [0.1, 0.15) is 6.61 Å². The average Bonchev–Trinajstić information content (AvgIpc) is 2.34. The van der Waals surface area contributed by atoms with Crippen molar-refractivity contribution in [1.29, 1.82) is 0 Å². The first-order valence-corrected chi connectivity index (χ1v) is 4.72. The average molecular weight is 223 g/mol. The minimum absolute atomic E-state index is 0.00828. The van der Waals surface area contributed by atoms with Crippen molar-refractivity contribution in [3.63, 3.8) is 0 Å². The van der Waals surface area contributed by atoms with Crippen LogP contribution < -0.4 is 9.47 Å². The van der Waals surface area contributed by atoms with Crippen molar-refractivity contribution in [2.75, 3.05) is 20.3 Å². The van der Waals surface area contributed by atoms with E-state index in [0.29, 0.717) is 11.5 Å². The Bertz CT molecular complexity index is 377. The second-order valence-electron chi connectivity index (χ2n) is 3.03. The Morgan fingerprint density at radius 3 is 2.75 bits per heavy atom.